The number of carbonyl (C=O) groups is 1. The first-order valence-electron chi connectivity index (χ1n) is 9.81. The molecule has 1 unspecified atom stereocenters. The van der Waals surface area contributed by atoms with Crippen molar-refractivity contribution in [2.45, 2.75) is 45.5 Å². The molecule has 0 spiro atoms. The molecular weight excluding hydrogens is 372 g/mol. The second kappa shape index (κ2) is 9.29. The number of aliphatic hydroxyl groups excluding tert-OH is 2. The zero-order chi connectivity index (χ0) is 21.0. The standard InChI is InChI=1S/C23H28O6/c1-14-4-7-17-11-20(15(2)10-18(25)12-24)29-23(26)21(17)22(14)28-13-16-5-8-19(27-3)9-6-16/h4-9,15,18,20,24-25H,10-13H2,1-3H3/t15-,18?,20+/m0/s1. The molecular formula is C23H28O6. The van der Waals surface area contributed by atoms with Gasteiger partial charge in [0.05, 0.1) is 19.8 Å². The highest BCUT2D eigenvalue weighted by atomic mass is 16.5. The van der Waals surface area contributed by atoms with E-state index < -0.39 is 12.1 Å². The van der Waals surface area contributed by atoms with Gasteiger partial charge in [-0.2, -0.15) is 0 Å². The molecule has 0 bridgehead atoms. The molecule has 2 aromatic rings. The van der Waals surface area contributed by atoms with Crippen molar-refractivity contribution in [2.24, 2.45) is 5.92 Å². The van der Waals surface area contributed by atoms with Crippen molar-refractivity contribution in [3.63, 3.8) is 0 Å². The third-order valence-electron chi connectivity index (χ3n) is 5.36. The lowest BCUT2D eigenvalue weighted by molar-refractivity contribution is -0.00329. The molecule has 0 radical (unpaired) electrons. The molecule has 0 fully saturated rings. The van der Waals surface area contributed by atoms with Crippen molar-refractivity contribution in [2.75, 3.05) is 13.7 Å². The average molecular weight is 400 g/mol. The molecule has 0 aliphatic carbocycles. The predicted octanol–water partition coefficient (Wildman–Crippen LogP) is 3.04. The Morgan fingerprint density at radius 1 is 1.21 bits per heavy atom. The normalized spacial score (nSPS) is 17.8. The van der Waals surface area contributed by atoms with Crippen LogP contribution in [0.2, 0.25) is 0 Å². The maximum atomic E-state index is 12.8. The van der Waals surface area contributed by atoms with Crippen LogP contribution in [0, 0.1) is 12.8 Å². The van der Waals surface area contributed by atoms with E-state index in [-0.39, 0.29) is 18.6 Å². The second-order valence-electron chi connectivity index (χ2n) is 7.58. The molecule has 1 aliphatic heterocycles. The van der Waals surface area contributed by atoms with Crippen LogP contribution in [0.4, 0.5) is 0 Å². The topological polar surface area (TPSA) is 85.2 Å². The first-order valence-corrected chi connectivity index (χ1v) is 9.81. The first kappa shape index (κ1) is 21.1. The van der Waals surface area contributed by atoms with Crippen LogP contribution < -0.4 is 9.47 Å². The van der Waals surface area contributed by atoms with Gasteiger partial charge in [-0.3, -0.25) is 0 Å². The predicted molar refractivity (Wildman–Crippen MR) is 108 cm³/mol. The van der Waals surface area contributed by atoms with Gasteiger partial charge in [0.1, 0.15) is 29.8 Å². The first-order chi connectivity index (χ1) is 13.9. The minimum atomic E-state index is -0.813. The molecule has 6 nitrogen and oxygen atoms in total. The minimum absolute atomic E-state index is 0.0702. The summed E-state index contributed by atoms with van der Waals surface area (Å²) in [6.45, 7) is 3.85. The summed E-state index contributed by atoms with van der Waals surface area (Å²) in [6, 6.07) is 11.5. The number of aryl methyl sites for hydroxylation is 1. The molecule has 3 atom stereocenters. The molecule has 1 heterocycles. The monoisotopic (exact) mass is 400 g/mol. The lowest BCUT2D eigenvalue weighted by Crippen LogP contribution is -2.35. The highest BCUT2D eigenvalue weighted by molar-refractivity contribution is 5.95. The van der Waals surface area contributed by atoms with Crippen LogP contribution in [0.5, 0.6) is 11.5 Å². The van der Waals surface area contributed by atoms with Gasteiger partial charge >= 0.3 is 5.97 Å². The van der Waals surface area contributed by atoms with E-state index >= 15 is 0 Å². The number of methoxy groups -OCH3 is 1. The van der Waals surface area contributed by atoms with Crippen molar-refractivity contribution >= 4 is 5.97 Å². The maximum Gasteiger partial charge on any atom is 0.342 e. The van der Waals surface area contributed by atoms with Crippen molar-refractivity contribution < 1.29 is 29.2 Å². The number of cyclic esters (lactones) is 1. The summed E-state index contributed by atoms with van der Waals surface area (Å²) < 4.78 is 16.9. The van der Waals surface area contributed by atoms with Crippen LogP contribution in [0.25, 0.3) is 0 Å². The summed E-state index contributed by atoms with van der Waals surface area (Å²) in [6.07, 6.45) is -0.226. The highest BCUT2D eigenvalue weighted by Gasteiger charge is 2.33. The molecule has 2 aromatic carbocycles. The van der Waals surface area contributed by atoms with E-state index in [0.29, 0.717) is 30.8 Å². The van der Waals surface area contributed by atoms with E-state index in [1.165, 1.54) is 0 Å². The summed E-state index contributed by atoms with van der Waals surface area (Å²) in [5.74, 6) is 0.844. The lowest BCUT2D eigenvalue weighted by Gasteiger charge is -2.31. The number of hydrogen-bond donors (Lipinski definition) is 2. The fraction of sp³-hybridized carbons (Fsp3) is 0.435. The van der Waals surface area contributed by atoms with E-state index in [0.717, 1.165) is 22.4 Å². The second-order valence-corrected chi connectivity index (χ2v) is 7.58. The Bertz CT molecular complexity index is 845. The molecule has 0 saturated carbocycles. The largest absolute Gasteiger partial charge is 0.497 e. The van der Waals surface area contributed by atoms with Gasteiger partial charge in [-0.1, -0.05) is 31.2 Å². The van der Waals surface area contributed by atoms with Crippen LogP contribution in [0.15, 0.2) is 36.4 Å². The molecule has 0 amide bonds. The molecule has 29 heavy (non-hydrogen) atoms. The molecule has 0 aromatic heterocycles. The summed E-state index contributed by atoms with van der Waals surface area (Å²) in [7, 11) is 1.62. The zero-order valence-corrected chi connectivity index (χ0v) is 17.1. The van der Waals surface area contributed by atoms with Gasteiger partial charge in [0.25, 0.3) is 0 Å². The van der Waals surface area contributed by atoms with E-state index in [1.54, 1.807) is 7.11 Å². The van der Waals surface area contributed by atoms with Gasteiger partial charge in [0.2, 0.25) is 0 Å². The van der Waals surface area contributed by atoms with Crippen LogP contribution in [0.3, 0.4) is 0 Å². The summed E-state index contributed by atoms with van der Waals surface area (Å²) in [5.41, 5.74) is 3.20. The Hall–Kier alpha value is -2.57. The van der Waals surface area contributed by atoms with Gasteiger partial charge in [-0.25, -0.2) is 4.79 Å². The highest BCUT2D eigenvalue weighted by Crippen LogP contribution is 2.35. The van der Waals surface area contributed by atoms with Gasteiger partial charge < -0.3 is 24.4 Å². The van der Waals surface area contributed by atoms with Crippen molar-refractivity contribution in [1.29, 1.82) is 0 Å². The summed E-state index contributed by atoms with van der Waals surface area (Å²) in [5, 5.41) is 18.8. The maximum absolute atomic E-state index is 12.8. The number of aliphatic hydroxyl groups is 2. The zero-order valence-electron chi connectivity index (χ0n) is 17.1. The number of rotatable bonds is 8. The van der Waals surface area contributed by atoms with Crippen LogP contribution >= 0.6 is 0 Å². The Kier molecular flexibility index (Phi) is 6.77. The number of esters is 1. The SMILES string of the molecule is COc1ccc(COc2c(C)ccc3c2C(=O)O[C@@H]([C@@H](C)CC(O)CO)C3)cc1. The van der Waals surface area contributed by atoms with Gasteiger partial charge in [-0.15, -0.1) is 0 Å². The van der Waals surface area contributed by atoms with Crippen molar-refractivity contribution in [3.05, 3.63) is 58.7 Å². The van der Waals surface area contributed by atoms with Crippen LogP contribution in [0.1, 0.15) is 40.4 Å². The van der Waals surface area contributed by atoms with Crippen LogP contribution in [-0.2, 0) is 17.8 Å². The van der Waals surface area contributed by atoms with E-state index in [9.17, 15) is 9.90 Å². The summed E-state index contributed by atoms with van der Waals surface area (Å²) in [4.78, 5) is 12.8. The molecule has 2 N–H and O–H groups in total. The fourth-order valence-corrected chi connectivity index (χ4v) is 3.61. The summed E-state index contributed by atoms with van der Waals surface area (Å²) >= 11 is 0. The van der Waals surface area contributed by atoms with Crippen molar-refractivity contribution in [3.8, 4) is 11.5 Å². The van der Waals surface area contributed by atoms with Gasteiger partial charge in [0, 0.05) is 6.42 Å². The Morgan fingerprint density at radius 2 is 1.93 bits per heavy atom. The third kappa shape index (κ3) is 4.89. The number of ether oxygens (including phenoxy) is 3. The van der Waals surface area contributed by atoms with E-state index in [1.807, 2.05) is 50.2 Å². The lowest BCUT2D eigenvalue weighted by atomic mass is 9.88. The van der Waals surface area contributed by atoms with Crippen LogP contribution in [-0.4, -0.2) is 42.1 Å². The van der Waals surface area contributed by atoms with E-state index in [2.05, 4.69) is 0 Å². The smallest absolute Gasteiger partial charge is 0.342 e. The minimum Gasteiger partial charge on any atom is -0.497 e. The molecule has 156 valence electrons. The number of carbonyl (C=O) groups excluding carboxylic acids is 1. The average Bonchev–Trinajstić information content (AvgIpc) is 2.73. The van der Waals surface area contributed by atoms with Gasteiger partial charge in [-0.05, 0) is 48.1 Å². The molecule has 3 rings (SSSR count). The quantitative estimate of drug-likeness (QED) is 0.663. The Labute approximate surface area is 171 Å². The molecule has 0 saturated heterocycles. The number of fused-ring (bicyclic) bond motifs is 1. The third-order valence-corrected chi connectivity index (χ3v) is 5.36. The Morgan fingerprint density at radius 3 is 2.59 bits per heavy atom. The number of hydrogen-bond acceptors (Lipinski definition) is 6. The Balaban J connectivity index is 1.77. The molecule has 6 heteroatoms. The van der Waals surface area contributed by atoms with Crippen molar-refractivity contribution in [1.82, 2.24) is 0 Å². The van der Waals surface area contributed by atoms with E-state index in [4.69, 9.17) is 19.3 Å². The fourth-order valence-electron chi connectivity index (χ4n) is 3.61. The number of benzene rings is 2. The molecule has 1 aliphatic rings. The van der Waals surface area contributed by atoms with Gasteiger partial charge in [0.15, 0.2) is 0 Å².